The Hall–Kier alpha value is -0.610. The van der Waals surface area contributed by atoms with Gasteiger partial charge in [-0.1, -0.05) is 0 Å². The van der Waals surface area contributed by atoms with Crippen molar-refractivity contribution in [3.63, 3.8) is 0 Å². The van der Waals surface area contributed by atoms with Gasteiger partial charge in [-0.3, -0.25) is 4.79 Å². The Labute approximate surface area is 97.8 Å². The van der Waals surface area contributed by atoms with Crippen LogP contribution >= 0.6 is 0 Å². The van der Waals surface area contributed by atoms with Crippen molar-refractivity contribution in [1.29, 1.82) is 0 Å². The number of likely N-dealkylation sites (tertiary alicyclic amines) is 1. The number of carbonyl (C=O) groups is 1. The Morgan fingerprint density at radius 3 is 3.06 bits per heavy atom. The second-order valence-corrected chi connectivity index (χ2v) is 5.42. The molecule has 0 aliphatic carbocycles. The molecule has 2 atom stereocenters. The van der Waals surface area contributed by atoms with Crippen LogP contribution < -0.4 is 10.6 Å². The molecule has 2 rings (SSSR count). The number of amides is 1. The van der Waals surface area contributed by atoms with Gasteiger partial charge < -0.3 is 15.5 Å². The Morgan fingerprint density at radius 1 is 1.62 bits per heavy atom. The van der Waals surface area contributed by atoms with Crippen molar-refractivity contribution >= 4 is 5.91 Å². The molecule has 4 heteroatoms. The Balaban J connectivity index is 1.84. The molecule has 2 aliphatic rings. The third kappa shape index (κ3) is 2.38. The van der Waals surface area contributed by atoms with E-state index in [0.717, 1.165) is 32.6 Å². The van der Waals surface area contributed by atoms with Crippen LogP contribution in [0.15, 0.2) is 0 Å². The summed E-state index contributed by atoms with van der Waals surface area (Å²) >= 11 is 0. The molecule has 4 nitrogen and oxygen atoms in total. The smallest absolute Gasteiger partial charge is 0.227 e. The molecule has 2 N–H and O–H groups in total. The number of nitrogens with one attached hydrogen (secondary N) is 2. The molecule has 1 amide bonds. The van der Waals surface area contributed by atoms with Crippen molar-refractivity contribution in [3.05, 3.63) is 0 Å². The summed E-state index contributed by atoms with van der Waals surface area (Å²) in [6, 6.07) is 0.645. The zero-order valence-corrected chi connectivity index (χ0v) is 10.4. The summed E-state index contributed by atoms with van der Waals surface area (Å²) < 4.78 is 0. The molecule has 0 spiro atoms. The fourth-order valence-corrected chi connectivity index (χ4v) is 2.92. The van der Waals surface area contributed by atoms with Gasteiger partial charge in [0.2, 0.25) is 5.91 Å². The summed E-state index contributed by atoms with van der Waals surface area (Å²) in [5.74, 6) is 0.189. The summed E-state index contributed by atoms with van der Waals surface area (Å²) in [7, 11) is 1.73. The first-order valence-corrected chi connectivity index (χ1v) is 6.32. The molecule has 0 aromatic heterocycles. The zero-order chi connectivity index (χ0) is 11.6. The van der Waals surface area contributed by atoms with Gasteiger partial charge in [-0.2, -0.15) is 0 Å². The third-order valence-electron chi connectivity index (χ3n) is 3.97. The second kappa shape index (κ2) is 4.72. The molecule has 16 heavy (non-hydrogen) atoms. The average Bonchev–Trinajstić information content (AvgIpc) is 2.89. The molecule has 0 radical (unpaired) electrons. The van der Waals surface area contributed by atoms with Crippen LogP contribution in [0.25, 0.3) is 0 Å². The molecule has 0 aromatic rings. The van der Waals surface area contributed by atoms with Crippen LogP contribution in [0, 0.1) is 5.41 Å². The van der Waals surface area contributed by atoms with E-state index in [0.29, 0.717) is 6.04 Å². The second-order valence-electron chi connectivity index (χ2n) is 5.42. The lowest BCUT2D eigenvalue weighted by atomic mass is 9.89. The van der Waals surface area contributed by atoms with Gasteiger partial charge in [-0.25, -0.2) is 0 Å². The van der Waals surface area contributed by atoms with E-state index >= 15 is 0 Å². The van der Waals surface area contributed by atoms with E-state index in [-0.39, 0.29) is 11.3 Å². The first-order chi connectivity index (χ1) is 7.64. The molecule has 0 aromatic carbocycles. The van der Waals surface area contributed by atoms with E-state index in [4.69, 9.17) is 0 Å². The molecular formula is C12H23N3O. The number of hydrogen-bond donors (Lipinski definition) is 2. The summed E-state index contributed by atoms with van der Waals surface area (Å²) in [5.41, 5.74) is -0.173. The topological polar surface area (TPSA) is 44.4 Å². The van der Waals surface area contributed by atoms with Crippen LogP contribution in [0.5, 0.6) is 0 Å². The van der Waals surface area contributed by atoms with Crippen molar-refractivity contribution in [2.45, 2.75) is 32.2 Å². The van der Waals surface area contributed by atoms with Crippen molar-refractivity contribution < 1.29 is 4.79 Å². The predicted molar refractivity (Wildman–Crippen MR) is 64.3 cm³/mol. The van der Waals surface area contributed by atoms with Gasteiger partial charge in [0.15, 0.2) is 0 Å². The first kappa shape index (κ1) is 11.9. The van der Waals surface area contributed by atoms with Gasteiger partial charge in [0.1, 0.15) is 0 Å². The Bertz CT molecular complexity index is 263. The van der Waals surface area contributed by atoms with E-state index in [1.54, 1.807) is 7.05 Å². The Morgan fingerprint density at radius 2 is 2.44 bits per heavy atom. The third-order valence-corrected chi connectivity index (χ3v) is 3.97. The highest BCUT2D eigenvalue weighted by Gasteiger charge is 2.40. The van der Waals surface area contributed by atoms with Crippen LogP contribution in [0.3, 0.4) is 0 Å². The molecule has 0 bridgehead atoms. The lowest BCUT2D eigenvalue weighted by Gasteiger charge is -2.24. The highest BCUT2D eigenvalue weighted by atomic mass is 16.2. The fourth-order valence-electron chi connectivity index (χ4n) is 2.92. The minimum absolute atomic E-state index is 0.173. The molecule has 2 aliphatic heterocycles. The highest BCUT2D eigenvalue weighted by molar-refractivity contribution is 5.82. The molecule has 92 valence electrons. The zero-order valence-electron chi connectivity index (χ0n) is 10.4. The molecule has 2 saturated heterocycles. The maximum atomic E-state index is 11.8. The van der Waals surface area contributed by atoms with Gasteiger partial charge in [-0.05, 0) is 39.3 Å². The van der Waals surface area contributed by atoms with Gasteiger partial charge >= 0.3 is 0 Å². The first-order valence-electron chi connectivity index (χ1n) is 6.32. The van der Waals surface area contributed by atoms with Crippen LogP contribution in [-0.4, -0.2) is 50.1 Å². The Kier molecular flexibility index (Phi) is 3.50. The van der Waals surface area contributed by atoms with Crippen molar-refractivity contribution in [1.82, 2.24) is 15.5 Å². The quantitative estimate of drug-likeness (QED) is 0.721. The molecule has 2 heterocycles. The van der Waals surface area contributed by atoms with Crippen molar-refractivity contribution in [2.24, 2.45) is 5.41 Å². The van der Waals surface area contributed by atoms with Gasteiger partial charge in [0, 0.05) is 26.2 Å². The van der Waals surface area contributed by atoms with Crippen LogP contribution in [0.2, 0.25) is 0 Å². The minimum atomic E-state index is -0.173. The molecular weight excluding hydrogens is 202 g/mol. The molecule has 2 fully saturated rings. The average molecular weight is 225 g/mol. The molecule has 0 saturated carbocycles. The number of nitrogens with zero attached hydrogens (tertiary/aromatic N) is 1. The van der Waals surface area contributed by atoms with E-state index in [1.807, 2.05) is 0 Å². The monoisotopic (exact) mass is 225 g/mol. The van der Waals surface area contributed by atoms with Gasteiger partial charge in [-0.15, -0.1) is 0 Å². The lowest BCUT2D eigenvalue weighted by Crippen LogP contribution is -2.41. The summed E-state index contributed by atoms with van der Waals surface area (Å²) in [5, 5.41) is 6.29. The number of rotatable bonds is 3. The highest BCUT2D eigenvalue weighted by Crippen LogP contribution is 2.30. The standard InChI is InChI=1S/C12H23N3O/c1-12(11(16)13-2)5-7-15(9-12)8-10-4-3-6-14-10/h10,14H,3-9H2,1-2H3,(H,13,16). The SMILES string of the molecule is CNC(=O)C1(C)CCN(CC2CCCN2)C1. The predicted octanol–water partition coefficient (Wildman–Crippen LogP) is 0.196. The van der Waals surface area contributed by atoms with E-state index in [9.17, 15) is 4.79 Å². The fraction of sp³-hybridized carbons (Fsp3) is 0.917. The van der Waals surface area contributed by atoms with Crippen LogP contribution in [0.1, 0.15) is 26.2 Å². The number of carbonyl (C=O) groups excluding carboxylic acids is 1. The van der Waals surface area contributed by atoms with Gasteiger partial charge in [0.25, 0.3) is 0 Å². The maximum Gasteiger partial charge on any atom is 0.227 e. The van der Waals surface area contributed by atoms with Crippen LogP contribution in [-0.2, 0) is 4.79 Å². The normalized spacial score (nSPS) is 35.5. The van der Waals surface area contributed by atoms with Crippen molar-refractivity contribution in [3.8, 4) is 0 Å². The number of hydrogen-bond acceptors (Lipinski definition) is 3. The minimum Gasteiger partial charge on any atom is -0.359 e. The maximum absolute atomic E-state index is 11.8. The van der Waals surface area contributed by atoms with E-state index in [2.05, 4.69) is 22.5 Å². The van der Waals surface area contributed by atoms with E-state index < -0.39 is 0 Å². The van der Waals surface area contributed by atoms with Gasteiger partial charge in [0.05, 0.1) is 5.41 Å². The molecule has 2 unspecified atom stereocenters. The lowest BCUT2D eigenvalue weighted by molar-refractivity contribution is -0.129. The summed E-state index contributed by atoms with van der Waals surface area (Å²) in [6.45, 7) is 6.30. The largest absolute Gasteiger partial charge is 0.359 e. The summed E-state index contributed by atoms with van der Waals surface area (Å²) in [6.07, 6.45) is 3.57. The van der Waals surface area contributed by atoms with Crippen LogP contribution in [0.4, 0.5) is 0 Å². The summed E-state index contributed by atoms with van der Waals surface area (Å²) in [4.78, 5) is 14.2. The van der Waals surface area contributed by atoms with E-state index in [1.165, 1.54) is 12.8 Å². The van der Waals surface area contributed by atoms with Crippen molar-refractivity contribution in [2.75, 3.05) is 33.2 Å².